The topological polar surface area (TPSA) is 17.1 Å². The summed E-state index contributed by atoms with van der Waals surface area (Å²) in [6.07, 6.45) is 13.2. The van der Waals surface area contributed by atoms with Crippen LogP contribution >= 0.6 is 0 Å². The van der Waals surface area contributed by atoms with Gasteiger partial charge in [-0.1, -0.05) is 24.0 Å². The first-order valence-corrected chi connectivity index (χ1v) is 7.22. The molecule has 1 unspecified atom stereocenters. The first-order valence-electron chi connectivity index (χ1n) is 7.22. The molecule has 1 aliphatic carbocycles. The first kappa shape index (κ1) is 15.5. The van der Waals surface area contributed by atoms with Gasteiger partial charge in [0, 0.05) is 17.1 Å². The molecule has 0 radical (unpaired) electrons. The molecule has 0 heterocycles. The predicted octanol–water partition coefficient (Wildman–Crippen LogP) is 4.61. The third-order valence-corrected chi connectivity index (χ3v) is 3.51. The summed E-state index contributed by atoms with van der Waals surface area (Å²) in [7, 11) is 0. The van der Waals surface area contributed by atoms with Crippen LogP contribution in [0.25, 0.3) is 0 Å². The van der Waals surface area contributed by atoms with E-state index in [1.54, 1.807) is 0 Å². The molecule has 0 aromatic heterocycles. The fourth-order valence-corrected chi connectivity index (χ4v) is 2.35. The molecular weight excluding hydrogens is 232 g/mol. The van der Waals surface area contributed by atoms with Crippen molar-refractivity contribution in [2.75, 3.05) is 0 Å². The molecule has 1 atom stereocenters. The number of carbonyl (C=O) groups is 1. The first-order chi connectivity index (χ1) is 9.31. The Morgan fingerprint density at radius 2 is 1.95 bits per heavy atom. The Balaban J connectivity index is 2.62. The Kier molecular flexibility index (Phi) is 7.66. The normalized spacial score (nSPS) is 15.6. The molecule has 19 heavy (non-hydrogen) atoms. The number of hydrogen-bond acceptors (Lipinski definition) is 1. The summed E-state index contributed by atoms with van der Waals surface area (Å²) in [5.74, 6) is 7.04. The SMILES string of the molecule is C=CCCCC(C#CC1=C(C=O)CCC1)CCC=C. The number of allylic oxidation sites excluding steroid dienone is 4. The average Bonchev–Trinajstić information content (AvgIpc) is 2.88. The van der Waals surface area contributed by atoms with E-state index < -0.39 is 0 Å². The lowest BCUT2D eigenvalue weighted by Crippen LogP contribution is -1.97. The van der Waals surface area contributed by atoms with Crippen molar-refractivity contribution < 1.29 is 4.79 Å². The molecule has 0 amide bonds. The maximum absolute atomic E-state index is 10.9. The Hall–Kier alpha value is -1.55. The molecule has 0 aromatic rings. The van der Waals surface area contributed by atoms with E-state index in [0.29, 0.717) is 5.92 Å². The number of rotatable bonds is 8. The van der Waals surface area contributed by atoms with Gasteiger partial charge in [0.15, 0.2) is 0 Å². The summed E-state index contributed by atoms with van der Waals surface area (Å²) in [4.78, 5) is 10.9. The van der Waals surface area contributed by atoms with Gasteiger partial charge in [-0.05, 0) is 51.4 Å². The Morgan fingerprint density at radius 1 is 1.16 bits per heavy atom. The van der Waals surface area contributed by atoms with E-state index in [2.05, 4.69) is 25.0 Å². The van der Waals surface area contributed by atoms with Crippen LogP contribution in [-0.2, 0) is 4.79 Å². The summed E-state index contributed by atoms with van der Waals surface area (Å²) in [6.45, 7) is 7.52. The second-order valence-corrected chi connectivity index (χ2v) is 5.03. The van der Waals surface area contributed by atoms with E-state index in [9.17, 15) is 4.79 Å². The van der Waals surface area contributed by atoms with Gasteiger partial charge in [-0.2, -0.15) is 0 Å². The highest BCUT2D eigenvalue weighted by Gasteiger charge is 2.12. The minimum absolute atomic E-state index is 0.416. The fraction of sp³-hybridized carbons (Fsp3) is 0.500. The second-order valence-electron chi connectivity index (χ2n) is 5.03. The van der Waals surface area contributed by atoms with Crippen molar-refractivity contribution in [3.8, 4) is 11.8 Å². The third-order valence-electron chi connectivity index (χ3n) is 3.51. The molecule has 0 saturated heterocycles. The molecule has 102 valence electrons. The lowest BCUT2D eigenvalue weighted by Gasteiger charge is -2.08. The van der Waals surface area contributed by atoms with Crippen molar-refractivity contribution in [3.63, 3.8) is 0 Å². The smallest absolute Gasteiger partial charge is 0.146 e. The zero-order valence-electron chi connectivity index (χ0n) is 11.8. The molecule has 0 aliphatic heterocycles. The van der Waals surface area contributed by atoms with Crippen molar-refractivity contribution >= 4 is 6.29 Å². The van der Waals surface area contributed by atoms with Crippen molar-refractivity contribution in [1.82, 2.24) is 0 Å². The van der Waals surface area contributed by atoms with E-state index in [4.69, 9.17) is 0 Å². The zero-order chi connectivity index (χ0) is 13.9. The number of aldehydes is 1. The number of hydrogen-bond donors (Lipinski definition) is 0. The Morgan fingerprint density at radius 3 is 2.63 bits per heavy atom. The fourth-order valence-electron chi connectivity index (χ4n) is 2.35. The molecular formula is C18H24O. The van der Waals surface area contributed by atoms with Gasteiger partial charge in [-0.25, -0.2) is 0 Å². The summed E-state index contributed by atoms with van der Waals surface area (Å²) in [6, 6.07) is 0. The van der Waals surface area contributed by atoms with Crippen LogP contribution < -0.4 is 0 Å². The van der Waals surface area contributed by atoms with Crippen LogP contribution in [0.3, 0.4) is 0 Å². The second kappa shape index (κ2) is 9.39. The molecule has 0 N–H and O–H groups in total. The Labute approximate surface area is 117 Å². The van der Waals surface area contributed by atoms with Crippen molar-refractivity contribution in [3.05, 3.63) is 36.5 Å². The zero-order valence-corrected chi connectivity index (χ0v) is 11.8. The van der Waals surface area contributed by atoms with E-state index >= 15 is 0 Å². The number of carbonyl (C=O) groups excluding carboxylic acids is 1. The molecule has 0 bridgehead atoms. The van der Waals surface area contributed by atoms with Crippen LogP contribution in [0.15, 0.2) is 36.5 Å². The molecule has 1 rings (SSSR count). The predicted molar refractivity (Wildman–Crippen MR) is 81.7 cm³/mol. The van der Waals surface area contributed by atoms with E-state index in [-0.39, 0.29) is 0 Å². The van der Waals surface area contributed by atoms with Crippen LogP contribution in [0.4, 0.5) is 0 Å². The Bertz CT molecular complexity index is 403. The third kappa shape index (κ3) is 5.75. The number of unbranched alkanes of at least 4 members (excludes halogenated alkanes) is 1. The van der Waals surface area contributed by atoms with Gasteiger partial charge in [-0.3, -0.25) is 4.79 Å². The van der Waals surface area contributed by atoms with Gasteiger partial charge in [0.2, 0.25) is 0 Å². The van der Waals surface area contributed by atoms with Gasteiger partial charge in [0.25, 0.3) is 0 Å². The van der Waals surface area contributed by atoms with Gasteiger partial charge in [-0.15, -0.1) is 13.2 Å². The van der Waals surface area contributed by atoms with Crippen LogP contribution in [0.1, 0.15) is 51.4 Å². The van der Waals surface area contributed by atoms with Gasteiger partial charge < -0.3 is 0 Å². The van der Waals surface area contributed by atoms with Crippen molar-refractivity contribution in [1.29, 1.82) is 0 Å². The lowest BCUT2D eigenvalue weighted by atomic mass is 9.96. The minimum Gasteiger partial charge on any atom is -0.298 e. The quantitative estimate of drug-likeness (QED) is 0.268. The van der Waals surface area contributed by atoms with Crippen LogP contribution in [-0.4, -0.2) is 6.29 Å². The standard InChI is InChI=1S/C18H24O/c1-3-5-7-10-16(9-6-4-2)13-14-17-11-8-12-18(17)15-19/h3-4,15-16H,1-2,5-12H2. The molecule has 1 aliphatic rings. The highest BCUT2D eigenvalue weighted by atomic mass is 16.1. The molecule has 0 fully saturated rings. The summed E-state index contributed by atoms with van der Waals surface area (Å²) >= 11 is 0. The van der Waals surface area contributed by atoms with E-state index in [1.807, 2.05) is 12.2 Å². The van der Waals surface area contributed by atoms with Crippen LogP contribution in [0.2, 0.25) is 0 Å². The highest BCUT2D eigenvalue weighted by Crippen LogP contribution is 2.24. The molecule has 1 nitrogen and oxygen atoms in total. The van der Waals surface area contributed by atoms with E-state index in [0.717, 1.165) is 68.8 Å². The molecule has 0 aromatic carbocycles. The van der Waals surface area contributed by atoms with Crippen LogP contribution in [0.5, 0.6) is 0 Å². The molecule has 0 spiro atoms. The minimum atomic E-state index is 0.416. The van der Waals surface area contributed by atoms with Gasteiger partial charge in [0.05, 0.1) is 0 Å². The maximum atomic E-state index is 10.9. The largest absolute Gasteiger partial charge is 0.298 e. The van der Waals surface area contributed by atoms with Crippen molar-refractivity contribution in [2.24, 2.45) is 5.92 Å². The lowest BCUT2D eigenvalue weighted by molar-refractivity contribution is -0.105. The van der Waals surface area contributed by atoms with Gasteiger partial charge in [0.1, 0.15) is 6.29 Å². The molecule has 1 heteroatoms. The summed E-state index contributed by atoms with van der Waals surface area (Å²) < 4.78 is 0. The van der Waals surface area contributed by atoms with E-state index in [1.165, 1.54) is 0 Å². The monoisotopic (exact) mass is 256 g/mol. The highest BCUT2D eigenvalue weighted by molar-refractivity contribution is 5.77. The van der Waals surface area contributed by atoms with Gasteiger partial charge >= 0.3 is 0 Å². The molecule has 0 saturated carbocycles. The van der Waals surface area contributed by atoms with Crippen LogP contribution in [0, 0.1) is 17.8 Å². The van der Waals surface area contributed by atoms with Crippen molar-refractivity contribution in [2.45, 2.75) is 51.4 Å². The average molecular weight is 256 g/mol. The summed E-state index contributed by atoms with van der Waals surface area (Å²) in [5.41, 5.74) is 1.99. The maximum Gasteiger partial charge on any atom is 0.146 e. The summed E-state index contributed by atoms with van der Waals surface area (Å²) in [5, 5.41) is 0.